The Morgan fingerprint density at radius 2 is 2.30 bits per heavy atom. The molecule has 0 spiro atoms. The zero-order valence-corrected chi connectivity index (χ0v) is 5.23. The predicted molar refractivity (Wildman–Crippen MR) is 27.6 cm³/mol. The standard InChI is InChI=1S/C4H7F2NO3/c1-10-7-2-4(5,6)3(8)9/h7H,2H2,1H3,(H,8,9). The van der Waals surface area contributed by atoms with E-state index >= 15 is 0 Å². The summed E-state index contributed by atoms with van der Waals surface area (Å²) in [6.07, 6.45) is 0. The molecule has 6 heteroatoms. The number of rotatable bonds is 4. The number of carboxylic acids is 1. The highest BCUT2D eigenvalue weighted by molar-refractivity contribution is 5.75. The third-order valence-corrected chi connectivity index (χ3v) is 0.751. The first-order valence-corrected chi connectivity index (χ1v) is 2.38. The molecule has 0 heterocycles. The van der Waals surface area contributed by atoms with E-state index in [-0.39, 0.29) is 0 Å². The molecule has 0 aromatic carbocycles. The third-order valence-electron chi connectivity index (χ3n) is 0.751. The molecular weight excluding hydrogens is 148 g/mol. The van der Waals surface area contributed by atoms with Gasteiger partial charge in [0.05, 0.1) is 13.7 Å². The summed E-state index contributed by atoms with van der Waals surface area (Å²) in [5.41, 5.74) is 1.74. The van der Waals surface area contributed by atoms with Gasteiger partial charge in [-0.2, -0.15) is 14.3 Å². The molecule has 2 N–H and O–H groups in total. The van der Waals surface area contributed by atoms with Gasteiger partial charge >= 0.3 is 11.9 Å². The Labute approximate surface area is 55.7 Å². The molecule has 0 aliphatic carbocycles. The van der Waals surface area contributed by atoms with Gasteiger partial charge in [0.15, 0.2) is 0 Å². The van der Waals surface area contributed by atoms with Crippen molar-refractivity contribution in [1.82, 2.24) is 5.48 Å². The van der Waals surface area contributed by atoms with Crippen LogP contribution in [0.2, 0.25) is 0 Å². The SMILES string of the molecule is CONCC(F)(F)C(=O)O. The summed E-state index contributed by atoms with van der Waals surface area (Å²) >= 11 is 0. The van der Waals surface area contributed by atoms with Crippen LogP contribution in [0, 0.1) is 0 Å². The van der Waals surface area contributed by atoms with E-state index in [9.17, 15) is 13.6 Å². The zero-order valence-electron chi connectivity index (χ0n) is 5.23. The number of hydrogen-bond donors (Lipinski definition) is 2. The quantitative estimate of drug-likeness (QED) is 0.554. The van der Waals surface area contributed by atoms with Gasteiger partial charge in [-0.25, -0.2) is 4.79 Å². The van der Waals surface area contributed by atoms with Gasteiger partial charge in [0, 0.05) is 0 Å². The van der Waals surface area contributed by atoms with Gasteiger partial charge in [-0.05, 0) is 0 Å². The normalized spacial score (nSPS) is 11.5. The van der Waals surface area contributed by atoms with Crippen molar-refractivity contribution in [2.45, 2.75) is 5.92 Å². The minimum atomic E-state index is -3.77. The van der Waals surface area contributed by atoms with Gasteiger partial charge < -0.3 is 9.94 Å². The lowest BCUT2D eigenvalue weighted by Gasteiger charge is -2.09. The molecule has 60 valence electrons. The monoisotopic (exact) mass is 155 g/mol. The second kappa shape index (κ2) is 3.43. The Kier molecular flexibility index (Phi) is 3.17. The number of carboxylic acid groups (broad SMARTS) is 1. The van der Waals surface area contributed by atoms with E-state index in [4.69, 9.17) is 5.11 Å². The van der Waals surface area contributed by atoms with Crippen molar-refractivity contribution in [1.29, 1.82) is 0 Å². The molecule has 4 nitrogen and oxygen atoms in total. The van der Waals surface area contributed by atoms with E-state index in [1.807, 2.05) is 0 Å². The lowest BCUT2D eigenvalue weighted by atomic mass is 10.3. The van der Waals surface area contributed by atoms with Gasteiger partial charge in [0.2, 0.25) is 0 Å². The molecule has 0 aromatic rings. The van der Waals surface area contributed by atoms with Crippen molar-refractivity contribution in [2.75, 3.05) is 13.7 Å². The van der Waals surface area contributed by atoms with Crippen LogP contribution in [-0.2, 0) is 9.63 Å². The number of hydrogen-bond acceptors (Lipinski definition) is 3. The molecular formula is C4H7F2NO3. The van der Waals surface area contributed by atoms with Crippen molar-refractivity contribution in [3.63, 3.8) is 0 Å². The first-order valence-electron chi connectivity index (χ1n) is 2.38. The maximum atomic E-state index is 12.0. The maximum absolute atomic E-state index is 12.0. The van der Waals surface area contributed by atoms with Crippen molar-refractivity contribution in [3.05, 3.63) is 0 Å². The molecule has 10 heavy (non-hydrogen) atoms. The van der Waals surface area contributed by atoms with Gasteiger partial charge in [-0.15, -0.1) is 0 Å². The Morgan fingerprint density at radius 3 is 2.60 bits per heavy atom. The first-order chi connectivity index (χ1) is 4.50. The third kappa shape index (κ3) is 2.70. The van der Waals surface area contributed by atoms with E-state index in [0.717, 1.165) is 7.11 Å². The van der Waals surface area contributed by atoms with E-state index in [1.165, 1.54) is 0 Å². The lowest BCUT2D eigenvalue weighted by Crippen LogP contribution is -2.39. The highest BCUT2D eigenvalue weighted by Gasteiger charge is 2.38. The summed E-state index contributed by atoms with van der Waals surface area (Å²) in [7, 11) is 1.12. The molecule has 0 saturated carbocycles. The van der Waals surface area contributed by atoms with E-state index in [1.54, 1.807) is 5.48 Å². The van der Waals surface area contributed by atoms with Crippen LogP contribution in [0.1, 0.15) is 0 Å². The Morgan fingerprint density at radius 1 is 1.80 bits per heavy atom. The van der Waals surface area contributed by atoms with Crippen LogP contribution in [0.4, 0.5) is 8.78 Å². The van der Waals surface area contributed by atoms with Crippen LogP contribution in [0.5, 0.6) is 0 Å². The summed E-state index contributed by atoms with van der Waals surface area (Å²) in [5, 5.41) is 7.82. The second-order valence-corrected chi connectivity index (χ2v) is 1.53. The molecule has 0 rings (SSSR count). The minimum Gasteiger partial charge on any atom is -0.477 e. The largest absolute Gasteiger partial charge is 0.477 e. The summed E-state index contributed by atoms with van der Waals surface area (Å²) in [4.78, 5) is 13.7. The molecule has 0 radical (unpaired) electrons. The minimum absolute atomic E-state index is 1.03. The number of nitrogens with one attached hydrogen (secondary N) is 1. The summed E-state index contributed by atoms with van der Waals surface area (Å²) in [5.74, 6) is -5.94. The second-order valence-electron chi connectivity index (χ2n) is 1.53. The Balaban J connectivity index is 3.75. The molecule has 0 unspecified atom stereocenters. The van der Waals surface area contributed by atoms with Gasteiger partial charge in [-0.1, -0.05) is 0 Å². The Hall–Kier alpha value is -0.750. The van der Waals surface area contributed by atoms with Crippen molar-refractivity contribution in [3.8, 4) is 0 Å². The predicted octanol–water partition coefficient (Wildman–Crippen LogP) is -0.143. The van der Waals surface area contributed by atoms with Crippen LogP contribution < -0.4 is 5.48 Å². The number of halogens is 2. The van der Waals surface area contributed by atoms with E-state index in [2.05, 4.69) is 4.84 Å². The van der Waals surface area contributed by atoms with Crippen LogP contribution in [0.3, 0.4) is 0 Å². The van der Waals surface area contributed by atoms with E-state index in [0.29, 0.717) is 0 Å². The molecule has 0 bridgehead atoms. The summed E-state index contributed by atoms with van der Waals surface area (Å²) in [6.45, 7) is -1.03. The zero-order chi connectivity index (χ0) is 8.20. The van der Waals surface area contributed by atoms with Gasteiger partial charge in [-0.3, -0.25) is 0 Å². The van der Waals surface area contributed by atoms with Crippen LogP contribution in [0.15, 0.2) is 0 Å². The lowest BCUT2D eigenvalue weighted by molar-refractivity contribution is -0.167. The molecule has 0 aliphatic rings. The van der Waals surface area contributed by atoms with Crippen molar-refractivity contribution < 1.29 is 23.5 Å². The smallest absolute Gasteiger partial charge is 0.376 e. The van der Waals surface area contributed by atoms with Gasteiger partial charge in [0.25, 0.3) is 0 Å². The number of alkyl halides is 2. The molecule has 0 aromatic heterocycles. The topological polar surface area (TPSA) is 58.6 Å². The average Bonchev–Trinajstić information content (AvgIpc) is 1.84. The number of aliphatic carboxylic acids is 1. The fourth-order valence-corrected chi connectivity index (χ4v) is 0.238. The van der Waals surface area contributed by atoms with Crippen LogP contribution in [-0.4, -0.2) is 30.7 Å². The molecule has 0 saturated heterocycles. The number of carbonyl (C=O) groups is 1. The number of hydroxylamine groups is 1. The molecule has 0 atom stereocenters. The first kappa shape index (κ1) is 9.25. The summed E-state index contributed by atoms with van der Waals surface area (Å²) < 4.78 is 24.0. The van der Waals surface area contributed by atoms with Crippen molar-refractivity contribution in [2.24, 2.45) is 0 Å². The fourth-order valence-electron chi connectivity index (χ4n) is 0.238. The van der Waals surface area contributed by atoms with E-state index < -0.39 is 18.4 Å². The Bertz CT molecular complexity index is 128. The van der Waals surface area contributed by atoms with Gasteiger partial charge in [0.1, 0.15) is 0 Å². The van der Waals surface area contributed by atoms with Crippen LogP contribution >= 0.6 is 0 Å². The molecule has 0 aliphatic heterocycles. The summed E-state index contributed by atoms with van der Waals surface area (Å²) in [6, 6.07) is 0. The molecule has 0 fully saturated rings. The fraction of sp³-hybridized carbons (Fsp3) is 0.750. The average molecular weight is 155 g/mol. The van der Waals surface area contributed by atoms with Crippen molar-refractivity contribution >= 4 is 5.97 Å². The highest BCUT2D eigenvalue weighted by Crippen LogP contribution is 2.10. The maximum Gasteiger partial charge on any atom is 0.376 e. The highest BCUT2D eigenvalue weighted by atomic mass is 19.3. The molecule has 0 amide bonds. The van der Waals surface area contributed by atoms with Crippen LogP contribution in [0.25, 0.3) is 0 Å².